The number of benzene rings is 2. The average molecular weight is 428 g/mol. The second-order valence-corrected chi connectivity index (χ2v) is 7.85. The summed E-state index contributed by atoms with van der Waals surface area (Å²) >= 11 is 0. The minimum atomic E-state index is -0.735. The Morgan fingerprint density at radius 3 is 2.56 bits per heavy atom. The van der Waals surface area contributed by atoms with Crippen LogP contribution in [0.4, 0.5) is 0 Å². The number of nitrogens with zero attached hydrogens (tertiary/aromatic N) is 2. The van der Waals surface area contributed by atoms with Crippen LogP contribution in [0.1, 0.15) is 33.9 Å². The molecule has 6 nitrogen and oxygen atoms in total. The minimum absolute atomic E-state index is 0.0529. The predicted octanol–water partition coefficient (Wildman–Crippen LogP) is 4.33. The van der Waals surface area contributed by atoms with Crippen molar-refractivity contribution in [2.75, 3.05) is 7.11 Å². The van der Waals surface area contributed by atoms with Crippen molar-refractivity contribution in [1.82, 2.24) is 9.88 Å². The lowest BCUT2D eigenvalue weighted by molar-refractivity contribution is -0.140. The highest BCUT2D eigenvalue weighted by atomic mass is 16.5. The molecule has 1 amide bonds. The number of likely N-dealkylation sites (tertiary alicyclic amines) is 1. The summed E-state index contributed by atoms with van der Waals surface area (Å²) in [6.45, 7) is 4.00. The zero-order valence-electron chi connectivity index (χ0n) is 18.2. The Hall–Kier alpha value is -3.93. The summed E-state index contributed by atoms with van der Waals surface area (Å²) in [7, 11) is 1.50. The first-order chi connectivity index (χ1) is 15.4. The van der Waals surface area contributed by atoms with E-state index in [2.05, 4.69) is 4.98 Å². The first-order valence-corrected chi connectivity index (χ1v) is 10.3. The van der Waals surface area contributed by atoms with Crippen LogP contribution < -0.4 is 4.74 Å². The van der Waals surface area contributed by atoms with Crippen LogP contribution in [0, 0.1) is 13.8 Å². The molecule has 32 heavy (non-hydrogen) atoms. The molecular formula is C26H24N2O4. The average Bonchev–Trinajstić information content (AvgIpc) is 3.04. The molecule has 0 aliphatic carbocycles. The molecular weight excluding hydrogens is 404 g/mol. The predicted molar refractivity (Wildman–Crippen MR) is 121 cm³/mol. The smallest absolute Gasteiger partial charge is 0.295 e. The van der Waals surface area contributed by atoms with Crippen molar-refractivity contribution in [3.8, 4) is 5.75 Å². The van der Waals surface area contributed by atoms with Crippen molar-refractivity contribution in [3.63, 3.8) is 0 Å². The molecule has 2 aromatic carbocycles. The van der Waals surface area contributed by atoms with Gasteiger partial charge in [-0.2, -0.15) is 0 Å². The van der Waals surface area contributed by atoms with E-state index in [1.165, 1.54) is 12.0 Å². The number of Topliss-reactive ketones (excluding diaryl/α,β-unsaturated/α-hetero) is 1. The molecule has 4 rings (SSSR count). The number of aliphatic hydroxyl groups excluding tert-OH is 1. The van der Waals surface area contributed by atoms with Gasteiger partial charge in [-0.3, -0.25) is 14.6 Å². The molecule has 0 radical (unpaired) electrons. The van der Waals surface area contributed by atoms with Crippen LogP contribution in [-0.4, -0.2) is 33.8 Å². The Morgan fingerprint density at radius 1 is 1.09 bits per heavy atom. The summed E-state index contributed by atoms with van der Waals surface area (Å²) in [6, 6.07) is 15.8. The van der Waals surface area contributed by atoms with Gasteiger partial charge in [0.25, 0.3) is 11.7 Å². The third-order valence-corrected chi connectivity index (χ3v) is 5.71. The number of hydrogen-bond donors (Lipinski definition) is 1. The molecule has 0 saturated carbocycles. The number of methoxy groups -OCH3 is 1. The maximum atomic E-state index is 13.2. The number of carbonyl (C=O) groups excluding carboxylic acids is 2. The lowest BCUT2D eigenvalue weighted by atomic mass is 9.92. The van der Waals surface area contributed by atoms with E-state index in [0.717, 1.165) is 22.3 Å². The van der Waals surface area contributed by atoms with E-state index in [4.69, 9.17) is 4.74 Å². The second kappa shape index (κ2) is 8.67. The number of hydrogen-bond acceptors (Lipinski definition) is 5. The zero-order chi connectivity index (χ0) is 22.8. The number of amides is 1. The lowest BCUT2D eigenvalue weighted by Crippen LogP contribution is -2.29. The maximum Gasteiger partial charge on any atom is 0.295 e. The van der Waals surface area contributed by atoms with Gasteiger partial charge in [0.1, 0.15) is 11.5 Å². The molecule has 1 atom stereocenters. The van der Waals surface area contributed by atoms with Gasteiger partial charge in [-0.1, -0.05) is 42.0 Å². The molecule has 1 fully saturated rings. The largest absolute Gasteiger partial charge is 0.507 e. The molecule has 1 aliphatic rings. The highest BCUT2D eigenvalue weighted by molar-refractivity contribution is 6.46. The Morgan fingerprint density at radius 2 is 1.88 bits per heavy atom. The molecule has 162 valence electrons. The van der Waals surface area contributed by atoms with Crippen molar-refractivity contribution in [1.29, 1.82) is 0 Å². The van der Waals surface area contributed by atoms with Gasteiger partial charge in [-0.25, -0.2) is 0 Å². The van der Waals surface area contributed by atoms with E-state index in [-0.39, 0.29) is 17.9 Å². The Labute approximate surface area is 186 Å². The third-order valence-electron chi connectivity index (χ3n) is 5.71. The topological polar surface area (TPSA) is 79.7 Å². The van der Waals surface area contributed by atoms with Gasteiger partial charge in [0, 0.05) is 18.9 Å². The Bertz CT molecular complexity index is 1220. The van der Waals surface area contributed by atoms with Crippen LogP contribution in [0.2, 0.25) is 0 Å². The summed E-state index contributed by atoms with van der Waals surface area (Å²) in [5, 5.41) is 11.3. The Kier molecular flexibility index (Phi) is 5.77. The van der Waals surface area contributed by atoms with Gasteiger partial charge < -0.3 is 14.7 Å². The lowest BCUT2D eigenvalue weighted by Gasteiger charge is -2.26. The van der Waals surface area contributed by atoms with Crippen LogP contribution in [0.3, 0.4) is 0 Å². The van der Waals surface area contributed by atoms with E-state index < -0.39 is 17.7 Å². The van der Waals surface area contributed by atoms with Crippen molar-refractivity contribution in [2.45, 2.75) is 26.4 Å². The fourth-order valence-corrected chi connectivity index (χ4v) is 4.10. The second-order valence-electron chi connectivity index (χ2n) is 7.85. The molecule has 1 saturated heterocycles. The minimum Gasteiger partial charge on any atom is -0.507 e. The van der Waals surface area contributed by atoms with E-state index in [1.807, 2.05) is 50.2 Å². The van der Waals surface area contributed by atoms with E-state index in [1.54, 1.807) is 30.6 Å². The molecule has 0 bridgehead atoms. The van der Waals surface area contributed by atoms with Gasteiger partial charge in [0.15, 0.2) is 0 Å². The standard InChI is InChI=1S/C26H24N2O4/c1-16-10-11-21(32-3)20(13-16)24(29)22-23(19-9-5-4-7-17(19)2)28(26(31)25(22)30)15-18-8-6-12-27-14-18/h4-14,23,29H,15H2,1-3H3/b24-22+. The van der Waals surface area contributed by atoms with Crippen molar-refractivity contribution in [3.05, 3.63) is 100 Å². The number of aliphatic hydroxyl groups is 1. The number of aryl methyl sites for hydroxylation is 2. The molecule has 1 aromatic heterocycles. The van der Waals surface area contributed by atoms with E-state index in [0.29, 0.717) is 11.3 Å². The molecule has 2 heterocycles. The third kappa shape index (κ3) is 3.75. The monoisotopic (exact) mass is 428 g/mol. The number of aromatic nitrogens is 1. The van der Waals surface area contributed by atoms with Gasteiger partial charge in [-0.15, -0.1) is 0 Å². The Balaban J connectivity index is 1.93. The molecule has 1 aliphatic heterocycles. The summed E-state index contributed by atoms with van der Waals surface area (Å²) in [4.78, 5) is 32.0. The van der Waals surface area contributed by atoms with Crippen LogP contribution in [0.5, 0.6) is 5.75 Å². The van der Waals surface area contributed by atoms with Gasteiger partial charge in [-0.05, 0) is 48.7 Å². The highest BCUT2D eigenvalue weighted by Crippen LogP contribution is 2.42. The first kappa shape index (κ1) is 21.3. The van der Waals surface area contributed by atoms with Crippen LogP contribution in [-0.2, 0) is 16.1 Å². The molecule has 0 spiro atoms. The number of rotatable bonds is 5. The highest BCUT2D eigenvalue weighted by Gasteiger charge is 2.46. The number of ketones is 1. The summed E-state index contributed by atoms with van der Waals surface area (Å²) < 4.78 is 5.42. The first-order valence-electron chi connectivity index (χ1n) is 10.3. The summed E-state index contributed by atoms with van der Waals surface area (Å²) in [5.74, 6) is -1.19. The number of carbonyl (C=O) groups is 2. The van der Waals surface area contributed by atoms with Crippen molar-refractivity contribution < 1.29 is 19.4 Å². The van der Waals surface area contributed by atoms with E-state index >= 15 is 0 Å². The van der Waals surface area contributed by atoms with Crippen LogP contribution >= 0.6 is 0 Å². The number of ether oxygens (including phenoxy) is 1. The van der Waals surface area contributed by atoms with Gasteiger partial charge in [0.2, 0.25) is 0 Å². The van der Waals surface area contributed by atoms with Gasteiger partial charge in [0.05, 0.1) is 24.3 Å². The summed E-state index contributed by atoms with van der Waals surface area (Å²) in [6.07, 6.45) is 3.32. The molecule has 6 heteroatoms. The SMILES string of the molecule is COc1ccc(C)cc1/C(O)=C1\C(=O)C(=O)N(Cc2cccnc2)C1c1ccccc1C. The normalized spacial score (nSPS) is 17.6. The molecule has 1 unspecified atom stereocenters. The van der Waals surface area contributed by atoms with Crippen LogP contribution in [0.25, 0.3) is 5.76 Å². The molecule has 1 N–H and O–H groups in total. The zero-order valence-corrected chi connectivity index (χ0v) is 18.2. The van der Waals surface area contributed by atoms with E-state index in [9.17, 15) is 14.7 Å². The maximum absolute atomic E-state index is 13.2. The fourth-order valence-electron chi connectivity index (χ4n) is 4.10. The van der Waals surface area contributed by atoms with Crippen LogP contribution in [0.15, 0.2) is 72.6 Å². The van der Waals surface area contributed by atoms with Gasteiger partial charge >= 0.3 is 0 Å². The summed E-state index contributed by atoms with van der Waals surface area (Å²) in [5.41, 5.74) is 3.81. The fraction of sp³-hybridized carbons (Fsp3) is 0.192. The van der Waals surface area contributed by atoms with Crippen molar-refractivity contribution in [2.24, 2.45) is 0 Å². The van der Waals surface area contributed by atoms with Crippen molar-refractivity contribution >= 4 is 17.4 Å². The molecule has 3 aromatic rings. The number of pyridine rings is 1. The quantitative estimate of drug-likeness (QED) is 0.372.